The topological polar surface area (TPSA) is 35.6 Å². The first-order valence-corrected chi connectivity index (χ1v) is 9.75. The molecule has 2 aromatic rings. The molecule has 0 aliphatic heterocycles. The zero-order valence-electron chi connectivity index (χ0n) is 18.5. The van der Waals surface area contributed by atoms with Gasteiger partial charge in [0.15, 0.2) is 0 Å². The molecule has 2 heterocycles. The van der Waals surface area contributed by atoms with E-state index in [2.05, 4.69) is 102 Å². The zero-order valence-corrected chi connectivity index (χ0v) is 18.5. The van der Waals surface area contributed by atoms with Crippen LogP contribution in [-0.4, -0.2) is 19.6 Å². The van der Waals surface area contributed by atoms with Crippen LogP contribution in [0.25, 0.3) is 0 Å². The minimum atomic E-state index is -0.0270. The lowest BCUT2D eigenvalue weighted by atomic mass is 9.88. The third-order valence-corrected chi connectivity index (χ3v) is 5.40. The Morgan fingerprint density at radius 2 is 1.31 bits per heavy atom. The molecule has 0 fully saturated rings. The number of aromatic nitrogens is 4. The Morgan fingerprint density at radius 3 is 1.73 bits per heavy atom. The summed E-state index contributed by atoms with van der Waals surface area (Å²) in [5.41, 5.74) is 2.59. The van der Waals surface area contributed by atoms with Gasteiger partial charge in [-0.3, -0.25) is 9.36 Å². The first kappa shape index (κ1) is 20.7. The lowest BCUT2D eigenvalue weighted by molar-refractivity contribution is 0.212. The molecule has 0 radical (unpaired) electrons. The second kappa shape index (κ2) is 6.54. The monoisotopic (exact) mass is 358 g/mol. The molecule has 4 nitrogen and oxygen atoms in total. The predicted octanol–water partition coefficient (Wildman–Crippen LogP) is 5.63. The highest BCUT2D eigenvalue weighted by Crippen LogP contribution is 2.31. The molecule has 0 atom stereocenters. The van der Waals surface area contributed by atoms with Gasteiger partial charge in [-0.25, -0.2) is 0 Å². The zero-order chi connectivity index (χ0) is 20.0. The van der Waals surface area contributed by atoms with Gasteiger partial charge in [0.05, 0.1) is 23.0 Å². The van der Waals surface area contributed by atoms with Crippen LogP contribution >= 0.6 is 0 Å². The van der Waals surface area contributed by atoms with Crippen molar-refractivity contribution in [1.82, 2.24) is 19.6 Å². The molecule has 4 heteroatoms. The Balaban J connectivity index is 2.12. The fourth-order valence-corrected chi connectivity index (χ4v) is 2.94. The molecule has 0 aromatic carbocycles. The van der Waals surface area contributed by atoms with Crippen LogP contribution in [0.5, 0.6) is 0 Å². The van der Waals surface area contributed by atoms with Crippen molar-refractivity contribution in [2.45, 2.75) is 104 Å². The van der Waals surface area contributed by atoms with Gasteiger partial charge in [0.1, 0.15) is 0 Å². The van der Waals surface area contributed by atoms with E-state index >= 15 is 0 Å². The van der Waals surface area contributed by atoms with Gasteiger partial charge in [0.25, 0.3) is 0 Å². The molecule has 0 amide bonds. The fraction of sp³-hybridized carbons (Fsp3) is 0.727. The van der Waals surface area contributed by atoms with Gasteiger partial charge in [-0.15, -0.1) is 0 Å². The van der Waals surface area contributed by atoms with E-state index in [1.165, 1.54) is 5.56 Å². The number of rotatable bonds is 5. The average molecular weight is 359 g/mol. The van der Waals surface area contributed by atoms with E-state index in [0.29, 0.717) is 0 Å². The van der Waals surface area contributed by atoms with Crippen LogP contribution < -0.4 is 0 Å². The van der Waals surface area contributed by atoms with E-state index in [1.54, 1.807) is 0 Å². The summed E-state index contributed by atoms with van der Waals surface area (Å²) in [7, 11) is 0. The molecule has 26 heavy (non-hydrogen) atoms. The van der Waals surface area contributed by atoms with Crippen molar-refractivity contribution in [3.05, 3.63) is 35.9 Å². The predicted molar refractivity (Wildman–Crippen MR) is 110 cm³/mol. The van der Waals surface area contributed by atoms with Crippen molar-refractivity contribution >= 4 is 0 Å². The second-order valence-corrected chi connectivity index (χ2v) is 10.9. The summed E-state index contributed by atoms with van der Waals surface area (Å²) >= 11 is 0. The molecular weight excluding hydrogens is 320 g/mol. The van der Waals surface area contributed by atoms with Crippen LogP contribution in [0.2, 0.25) is 0 Å². The van der Waals surface area contributed by atoms with E-state index < -0.39 is 0 Å². The Labute approximate surface area is 160 Å². The first-order chi connectivity index (χ1) is 11.6. The van der Waals surface area contributed by atoms with E-state index in [0.717, 1.165) is 18.5 Å². The SMILES string of the molecule is CC(C)(C)c1cnn(C(C)(C)CCC(C)(C)n2ccc(C(C)(C)C)n2)c1. The van der Waals surface area contributed by atoms with Crippen molar-refractivity contribution < 1.29 is 0 Å². The van der Waals surface area contributed by atoms with E-state index in [9.17, 15) is 0 Å². The summed E-state index contributed by atoms with van der Waals surface area (Å²) in [6.07, 6.45) is 8.42. The van der Waals surface area contributed by atoms with Crippen LogP contribution in [0.4, 0.5) is 0 Å². The van der Waals surface area contributed by atoms with Gasteiger partial charge < -0.3 is 0 Å². The fourth-order valence-electron chi connectivity index (χ4n) is 2.94. The highest BCUT2D eigenvalue weighted by atomic mass is 15.3. The van der Waals surface area contributed by atoms with Crippen LogP contribution in [0.1, 0.15) is 93.3 Å². The van der Waals surface area contributed by atoms with Crippen molar-refractivity contribution in [2.24, 2.45) is 0 Å². The van der Waals surface area contributed by atoms with Crippen LogP contribution in [-0.2, 0) is 21.9 Å². The third kappa shape index (κ3) is 4.57. The van der Waals surface area contributed by atoms with Gasteiger partial charge in [-0.2, -0.15) is 10.2 Å². The molecule has 2 aromatic heterocycles. The number of hydrogen-bond donors (Lipinski definition) is 0. The maximum atomic E-state index is 4.86. The van der Waals surface area contributed by atoms with Gasteiger partial charge in [-0.05, 0) is 57.6 Å². The molecule has 0 saturated carbocycles. The Kier molecular flexibility index (Phi) is 5.22. The van der Waals surface area contributed by atoms with Crippen molar-refractivity contribution in [2.75, 3.05) is 0 Å². The quantitative estimate of drug-likeness (QED) is 0.695. The molecule has 146 valence electrons. The smallest absolute Gasteiger partial charge is 0.0678 e. The molecule has 0 bridgehead atoms. The standard InChI is InChI=1S/C22H38N4/c1-19(2,3)17-15-23-26(16-17)22(9,10)13-12-21(7,8)25-14-11-18(24-25)20(4,5)6/h11,14-16H,12-13H2,1-10H3. The molecule has 0 unspecified atom stereocenters. The minimum absolute atomic E-state index is 0.0270. The summed E-state index contributed by atoms with van der Waals surface area (Å²) in [6, 6.07) is 2.15. The summed E-state index contributed by atoms with van der Waals surface area (Å²) in [5, 5.41) is 9.52. The highest BCUT2D eigenvalue weighted by Gasteiger charge is 2.30. The Hall–Kier alpha value is -1.58. The maximum absolute atomic E-state index is 4.86. The second-order valence-electron chi connectivity index (χ2n) is 10.9. The Bertz CT molecular complexity index is 669. The normalized spacial score (nSPS) is 14.1. The summed E-state index contributed by atoms with van der Waals surface area (Å²) < 4.78 is 4.26. The maximum Gasteiger partial charge on any atom is 0.0678 e. The van der Waals surface area contributed by atoms with Crippen LogP contribution in [0, 0.1) is 0 Å². The van der Waals surface area contributed by atoms with E-state index in [4.69, 9.17) is 5.10 Å². The van der Waals surface area contributed by atoms with Gasteiger partial charge in [0, 0.05) is 17.8 Å². The van der Waals surface area contributed by atoms with Crippen LogP contribution in [0.15, 0.2) is 24.7 Å². The molecule has 0 saturated heterocycles. The Morgan fingerprint density at radius 1 is 0.769 bits per heavy atom. The average Bonchev–Trinajstić information content (AvgIpc) is 3.13. The molecule has 0 aliphatic carbocycles. The van der Waals surface area contributed by atoms with Crippen molar-refractivity contribution in [1.29, 1.82) is 0 Å². The van der Waals surface area contributed by atoms with Crippen molar-refractivity contribution in [3.8, 4) is 0 Å². The molecule has 2 rings (SSSR count). The van der Waals surface area contributed by atoms with Gasteiger partial charge >= 0.3 is 0 Å². The van der Waals surface area contributed by atoms with Crippen molar-refractivity contribution in [3.63, 3.8) is 0 Å². The lowest BCUT2D eigenvalue weighted by Gasteiger charge is -2.32. The third-order valence-electron chi connectivity index (χ3n) is 5.40. The summed E-state index contributed by atoms with van der Waals surface area (Å²) in [5.74, 6) is 0. The van der Waals surface area contributed by atoms with E-state index in [1.807, 2.05) is 6.20 Å². The summed E-state index contributed by atoms with van der Waals surface area (Å²) in [6.45, 7) is 22.4. The molecule has 0 aliphatic rings. The highest BCUT2D eigenvalue weighted by molar-refractivity contribution is 5.16. The largest absolute Gasteiger partial charge is 0.267 e. The lowest BCUT2D eigenvalue weighted by Crippen LogP contribution is -2.33. The minimum Gasteiger partial charge on any atom is -0.267 e. The molecule has 0 N–H and O–H groups in total. The van der Waals surface area contributed by atoms with E-state index in [-0.39, 0.29) is 21.9 Å². The van der Waals surface area contributed by atoms with Gasteiger partial charge in [0.2, 0.25) is 0 Å². The number of hydrogen-bond acceptors (Lipinski definition) is 2. The molecular formula is C22H38N4. The van der Waals surface area contributed by atoms with Crippen LogP contribution in [0.3, 0.4) is 0 Å². The first-order valence-electron chi connectivity index (χ1n) is 9.75. The molecule has 0 spiro atoms. The summed E-state index contributed by atoms with van der Waals surface area (Å²) in [4.78, 5) is 0. The number of nitrogens with zero attached hydrogens (tertiary/aromatic N) is 4. The van der Waals surface area contributed by atoms with Gasteiger partial charge in [-0.1, -0.05) is 41.5 Å².